The van der Waals surface area contributed by atoms with Gasteiger partial charge in [-0.25, -0.2) is 0 Å². The molecule has 0 fully saturated rings. The Labute approximate surface area is 140 Å². The molecule has 0 aliphatic heterocycles. The van der Waals surface area contributed by atoms with Crippen LogP contribution in [0.4, 0.5) is 0 Å². The summed E-state index contributed by atoms with van der Waals surface area (Å²) in [5.41, 5.74) is 1.12. The van der Waals surface area contributed by atoms with Crippen molar-refractivity contribution in [3.8, 4) is 0 Å². The summed E-state index contributed by atoms with van der Waals surface area (Å²) in [7, 11) is 0. The van der Waals surface area contributed by atoms with Crippen molar-refractivity contribution >= 4 is 5.91 Å². The summed E-state index contributed by atoms with van der Waals surface area (Å²) >= 11 is 0. The Morgan fingerprint density at radius 2 is 1.96 bits per heavy atom. The molecule has 3 aromatic rings. The smallest absolute Gasteiger partial charge is 0.243 e. The molecule has 0 aliphatic rings. The van der Waals surface area contributed by atoms with E-state index >= 15 is 0 Å². The van der Waals surface area contributed by atoms with Crippen molar-refractivity contribution in [1.29, 1.82) is 0 Å². The molecule has 6 nitrogen and oxygen atoms in total. The highest BCUT2D eigenvalue weighted by Gasteiger charge is 2.20. The van der Waals surface area contributed by atoms with E-state index in [1.54, 1.807) is 6.92 Å². The second-order valence-corrected chi connectivity index (χ2v) is 5.61. The number of nitrogens with one attached hydrogen (secondary N) is 1. The molecule has 1 N–H and O–H groups in total. The highest BCUT2D eigenvalue weighted by molar-refractivity contribution is 5.80. The highest BCUT2D eigenvalue weighted by atomic mass is 16.5. The molecule has 0 bridgehead atoms. The first-order valence-corrected chi connectivity index (χ1v) is 7.95. The average Bonchev–Trinajstić information content (AvgIpc) is 3.25. The van der Waals surface area contributed by atoms with Crippen molar-refractivity contribution in [3.63, 3.8) is 0 Å². The molecule has 1 unspecified atom stereocenters. The predicted octanol–water partition coefficient (Wildman–Crippen LogP) is 2.32. The zero-order valence-corrected chi connectivity index (χ0v) is 13.6. The highest BCUT2D eigenvalue weighted by Crippen LogP contribution is 2.15. The first kappa shape index (κ1) is 16.0. The molecule has 3 rings (SSSR count). The van der Waals surface area contributed by atoms with Crippen molar-refractivity contribution in [2.24, 2.45) is 0 Å². The van der Waals surface area contributed by atoms with E-state index < -0.39 is 0 Å². The number of aromatic nitrogens is 3. The summed E-state index contributed by atoms with van der Waals surface area (Å²) in [6.07, 6.45) is 4.99. The van der Waals surface area contributed by atoms with Crippen LogP contribution in [0.5, 0.6) is 0 Å². The quantitative estimate of drug-likeness (QED) is 0.724. The fraction of sp³-hybridized carbons (Fsp3) is 0.278. The third kappa shape index (κ3) is 4.10. The summed E-state index contributed by atoms with van der Waals surface area (Å²) in [4.78, 5) is 16.8. The number of nitrogens with zero attached hydrogens (tertiary/aromatic N) is 3. The SMILES string of the molecule is Cc1noc(CCNC(=O)C(Cc2ccccc2)n2cccc2)n1. The van der Waals surface area contributed by atoms with Crippen molar-refractivity contribution in [2.75, 3.05) is 6.54 Å². The number of hydrogen-bond donors (Lipinski definition) is 1. The molecule has 1 atom stereocenters. The van der Waals surface area contributed by atoms with Gasteiger partial charge in [0, 0.05) is 31.8 Å². The van der Waals surface area contributed by atoms with Gasteiger partial charge in [-0.2, -0.15) is 4.98 Å². The van der Waals surface area contributed by atoms with Crippen LogP contribution < -0.4 is 5.32 Å². The Hall–Kier alpha value is -2.89. The Kier molecular flexibility index (Phi) is 5.05. The van der Waals surface area contributed by atoms with Crippen molar-refractivity contribution in [1.82, 2.24) is 20.0 Å². The van der Waals surface area contributed by atoms with Crippen LogP contribution in [-0.4, -0.2) is 27.2 Å². The zero-order valence-electron chi connectivity index (χ0n) is 13.6. The third-order valence-corrected chi connectivity index (χ3v) is 3.77. The molecular formula is C18H20N4O2. The maximum Gasteiger partial charge on any atom is 0.243 e. The minimum Gasteiger partial charge on any atom is -0.354 e. The van der Waals surface area contributed by atoms with E-state index in [1.165, 1.54) is 0 Å². The lowest BCUT2D eigenvalue weighted by Gasteiger charge is -2.18. The average molecular weight is 324 g/mol. The van der Waals surface area contributed by atoms with E-state index in [9.17, 15) is 4.79 Å². The van der Waals surface area contributed by atoms with Crippen LogP contribution in [0.3, 0.4) is 0 Å². The maximum atomic E-state index is 12.6. The lowest BCUT2D eigenvalue weighted by molar-refractivity contribution is -0.124. The topological polar surface area (TPSA) is 73.0 Å². The van der Waals surface area contributed by atoms with Crippen molar-refractivity contribution < 1.29 is 9.32 Å². The van der Waals surface area contributed by atoms with Gasteiger partial charge in [0.1, 0.15) is 6.04 Å². The molecular weight excluding hydrogens is 304 g/mol. The molecule has 124 valence electrons. The second-order valence-electron chi connectivity index (χ2n) is 5.61. The largest absolute Gasteiger partial charge is 0.354 e. The van der Waals surface area contributed by atoms with Gasteiger partial charge in [-0.1, -0.05) is 35.5 Å². The van der Waals surface area contributed by atoms with Gasteiger partial charge in [0.25, 0.3) is 0 Å². The Balaban J connectivity index is 1.63. The predicted molar refractivity (Wildman–Crippen MR) is 89.4 cm³/mol. The Bertz CT molecular complexity index is 765. The minimum atomic E-state index is -0.285. The van der Waals surface area contributed by atoms with Gasteiger partial charge >= 0.3 is 0 Å². The molecule has 0 aliphatic carbocycles. The summed E-state index contributed by atoms with van der Waals surface area (Å²) in [6.45, 7) is 2.24. The fourth-order valence-electron chi connectivity index (χ4n) is 2.58. The molecule has 1 aromatic carbocycles. The summed E-state index contributed by atoms with van der Waals surface area (Å²) in [5.74, 6) is 1.12. The molecule has 0 saturated carbocycles. The second kappa shape index (κ2) is 7.59. The standard InChI is InChI=1S/C18H20N4O2/c1-14-20-17(24-21-14)9-10-19-18(23)16(22-11-5-6-12-22)13-15-7-3-2-4-8-15/h2-8,11-12,16H,9-10,13H2,1H3,(H,19,23). The molecule has 2 heterocycles. The van der Waals surface area contributed by atoms with Gasteiger partial charge in [-0.15, -0.1) is 0 Å². The van der Waals surface area contributed by atoms with Crippen LogP contribution in [0.15, 0.2) is 59.4 Å². The molecule has 0 saturated heterocycles. The number of rotatable bonds is 7. The van der Waals surface area contributed by atoms with Gasteiger partial charge in [-0.05, 0) is 24.6 Å². The molecule has 6 heteroatoms. The van der Waals surface area contributed by atoms with Gasteiger partial charge in [0.2, 0.25) is 11.8 Å². The van der Waals surface area contributed by atoms with E-state index in [-0.39, 0.29) is 11.9 Å². The van der Waals surface area contributed by atoms with Gasteiger partial charge in [0.15, 0.2) is 5.82 Å². The lowest BCUT2D eigenvalue weighted by atomic mass is 10.1. The fourth-order valence-corrected chi connectivity index (χ4v) is 2.58. The molecule has 2 aromatic heterocycles. The molecule has 24 heavy (non-hydrogen) atoms. The molecule has 0 spiro atoms. The number of carbonyl (C=O) groups is 1. The summed E-state index contributed by atoms with van der Waals surface area (Å²) < 4.78 is 6.99. The number of hydrogen-bond acceptors (Lipinski definition) is 4. The van der Waals surface area contributed by atoms with Crippen LogP contribution in [0, 0.1) is 6.92 Å². The van der Waals surface area contributed by atoms with Crippen LogP contribution in [0.1, 0.15) is 23.3 Å². The monoisotopic (exact) mass is 324 g/mol. The van der Waals surface area contributed by atoms with Crippen LogP contribution in [0.2, 0.25) is 0 Å². The van der Waals surface area contributed by atoms with Crippen LogP contribution in [-0.2, 0) is 17.6 Å². The van der Waals surface area contributed by atoms with E-state index in [0.29, 0.717) is 31.1 Å². The number of aryl methyl sites for hydroxylation is 1. The molecule has 0 radical (unpaired) electrons. The van der Waals surface area contributed by atoms with E-state index in [2.05, 4.69) is 15.5 Å². The summed E-state index contributed by atoms with van der Waals surface area (Å²) in [5, 5.41) is 6.70. The van der Waals surface area contributed by atoms with E-state index in [0.717, 1.165) is 5.56 Å². The summed E-state index contributed by atoms with van der Waals surface area (Å²) in [6, 6.07) is 13.6. The zero-order chi connectivity index (χ0) is 16.8. The number of carbonyl (C=O) groups excluding carboxylic acids is 1. The van der Waals surface area contributed by atoms with Gasteiger partial charge < -0.3 is 14.4 Å². The number of benzene rings is 1. The van der Waals surface area contributed by atoms with Gasteiger partial charge in [-0.3, -0.25) is 4.79 Å². The van der Waals surface area contributed by atoms with Crippen LogP contribution >= 0.6 is 0 Å². The minimum absolute atomic E-state index is 0.0220. The lowest BCUT2D eigenvalue weighted by Crippen LogP contribution is -2.34. The van der Waals surface area contributed by atoms with E-state index in [1.807, 2.05) is 59.4 Å². The Morgan fingerprint density at radius 1 is 1.21 bits per heavy atom. The normalized spacial score (nSPS) is 12.0. The van der Waals surface area contributed by atoms with Crippen LogP contribution in [0.25, 0.3) is 0 Å². The number of amides is 1. The first-order valence-electron chi connectivity index (χ1n) is 7.95. The maximum absolute atomic E-state index is 12.6. The first-order chi connectivity index (χ1) is 11.7. The third-order valence-electron chi connectivity index (χ3n) is 3.77. The van der Waals surface area contributed by atoms with Crippen molar-refractivity contribution in [3.05, 3.63) is 72.1 Å². The van der Waals surface area contributed by atoms with Crippen molar-refractivity contribution in [2.45, 2.75) is 25.8 Å². The molecule has 1 amide bonds. The Morgan fingerprint density at radius 3 is 2.62 bits per heavy atom. The van der Waals surface area contributed by atoms with Gasteiger partial charge in [0.05, 0.1) is 0 Å². The van der Waals surface area contributed by atoms with E-state index in [4.69, 9.17) is 4.52 Å².